The summed E-state index contributed by atoms with van der Waals surface area (Å²) in [5.41, 5.74) is 2.50. The largest absolute Gasteiger partial charge is 0.480 e. The van der Waals surface area contributed by atoms with Gasteiger partial charge in [-0.25, -0.2) is 4.79 Å². The fourth-order valence-electron chi connectivity index (χ4n) is 3.28. The third kappa shape index (κ3) is 3.09. The number of ether oxygens (including phenoxy) is 1. The van der Waals surface area contributed by atoms with Crippen LogP contribution in [0.3, 0.4) is 0 Å². The molecule has 2 heterocycles. The van der Waals surface area contributed by atoms with Crippen LogP contribution in [0.1, 0.15) is 40.0 Å². The maximum Gasteiger partial charge on any atom is 0.329 e. The smallest absolute Gasteiger partial charge is 0.329 e. The molecule has 6 nitrogen and oxygen atoms in total. The molecule has 1 saturated heterocycles. The summed E-state index contributed by atoms with van der Waals surface area (Å²) in [4.78, 5) is 29.5. The number of carbonyl (C=O) groups is 2. The molecular formula is C19H22N2O4. The van der Waals surface area contributed by atoms with Crippen LogP contribution in [0.25, 0.3) is 10.9 Å². The molecule has 6 heteroatoms. The van der Waals surface area contributed by atoms with Crippen molar-refractivity contribution in [1.29, 1.82) is 0 Å². The summed E-state index contributed by atoms with van der Waals surface area (Å²) in [6, 6.07) is 5.75. The number of aryl methyl sites for hydroxylation is 2. The highest BCUT2D eigenvalue weighted by Gasteiger charge is 2.42. The van der Waals surface area contributed by atoms with E-state index in [9.17, 15) is 14.7 Å². The Balaban J connectivity index is 2.09. The topological polar surface area (TPSA) is 88.5 Å². The minimum atomic E-state index is -1.28. The van der Waals surface area contributed by atoms with Crippen molar-refractivity contribution in [2.24, 2.45) is 0 Å². The summed E-state index contributed by atoms with van der Waals surface area (Å²) >= 11 is 0. The van der Waals surface area contributed by atoms with Crippen molar-refractivity contribution in [3.8, 4) is 0 Å². The normalized spacial score (nSPS) is 16.6. The summed E-state index contributed by atoms with van der Waals surface area (Å²) in [6.45, 7) is 6.29. The Morgan fingerprint density at radius 3 is 2.52 bits per heavy atom. The van der Waals surface area contributed by atoms with E-state index in [1.807, 2.05) is 39.0 Å². The van der Waals surface area contributed by atoms with Gasteiger partial charge in [-0.3, -0.25) is 9.78 Å². The summed E-state index contributed by atoms with van der Waals surface area (Å²) in [5.74, 6) is -1.39. The number of carbonyl (C=O) groups excluding carboxylic acids is 1. The average Bonchev–Trinajstić information content (AvgIpc) is 2.57. The van der Waals surface area contributed by atoms with E-state index in [0.717, 1.165) is 27.7 Å². The zero-order valence-electron chi connectivity index (χ0n) is 14.7. The Morgan fingerprint density at radius 1 is 1.20 bits per heavy atom. The summed E-state index contributed by atoms with van der Waals surface area (Å²) in [6.07, 6.45) is 0.516. The fraction of sp³-hybridized carbons (Fsp3) is 0.421. The molecule has 0 bridgehead atoms. The Kier molecular flexibility index (Phi) is 4.47. The molecule has 1 aromatic carbocycles. The number of fused-ring (bicyclic) bond motifs is 1. The van der Waals surface area contributed by atoms with Gasteiger partial charge >= 0.3 is 5.97 Å². The molecule has 0 unspecified atom stereocenters. The van der Waals surface area contributed by atoms with Crippen LogP contribution in [0.15, 0.2) is 18.2 Å². The lowest BCUT2D eigenvalue weighted by Gasteiger charge is -2.34. The van der Waals surface area contributed by atoms with Crippen LogP contribution in [0.4, 0.5) is 0 Å². The van der Waals surface area contributed by atoms with E-state index in [-0.39, 0.29) is 18.7 Å². The first-order valence-electron chi connectivity index (χ1n) is 8.35. The van der Waals surface area contributed by atoms with Crippen molar-refractivity contribution >= 4 is 22.8 Å². The van der Waals surface area contributed by atoms with Crippen molar-refractivity contribution < 1.29 is 19.4 Å². The number of hydrogen-bond donors (Lipinski definition) is 2. The number of aromatic nitrogens is 1. The Hall–Kier alpha value is -2.47. The van der Waals surface area contributed by atoms with Crippen LogP contribution in [0, 0.1) is 20.8 Å². The predicted molar refractivity (Wildman–Crippen MR) is 93.8 cm³/mol. The van der Waals surface area contributed by atoms with Gasteiger partial charge in [-0.2, -0.15) is 0 Å². The van der Waals surface area contributed by atoms with Crippen LogP contribution >= 0.6 is 0 Å². The SMILES string of the molecule is Cc1ccc2nc(C)c(C)c(C(=O)NC3(C(=O)O)CCOCC3)c2c1. The molecule has 0 radical (unpaired) electrons. The first-order chi connectivity index (χ1) is 11.8. The van der Waals surface area contributed by atoms with Gasteiger partial charge in [0.1, 0.15) is 5.54 Å². The van der Waals surface area contributed by atoms with Gasteiger partial charge in [0.2, 0.25) is 0 Å². The van der Waals surface area contributed by atoms with Crippen molar-refractivity contribution in [3.05, 3.63) is 40.6 Å². The second-order valence-corrected chi connectivity index (χ2v) is 6.67. The standard InChI is InChI=1S/C19H22N2O4/c1-11-4-5-15-14(10-11)16(12(2)13(3)20-15)17(22)21-19(18(23)24)6-8-25-9-7-19/h4-5,10H,6-9H2,1-3H3,(H,21,22)(H,23,24). The van der Waals surface area contributed by atoms with E-state index in [1.165, 1.54) is 0 Å². The number of carboxylic acid groups (broad SMARTS) is 1. The van der Waals surface area contributed by atoms with Crippen molar-refractivity contribution in [2.45, 2.75) is 39.2 Å². The van der Waals surface area contributed by atoms with Crippen molar-refractivity contribution in [1.82, 2.24) is 10.3 Å². The van der Waals surface area contributed by atoms with Gasteiger partial charge in [-0.05, 0) is 38.5 Å². The third-order valence-electron chi connectivity index (χ3n) is 4.96. The first-order valence-corrected chi connectivity index (χ1v) is 8.35. The molecule has 132 valence electrons. The minimum absolute atomic E-state index is 0.258. The highest BCUT2D eigenvalue weighted by molar-refractivity contribution is 6.09. The van der Waals surface area contributed by atoms with Gasteiger partial charge in [0.25, 0.3) is 5.91 Å². The van der Waals surface area contributed by atoms with E-state index in [0.29, 0.717) is 18.8 Å². The Bertz CT molecular complexity index is 854. The number of nitrogens with one attached hydrogen (secondary N) is 1. The van der Waals surface area contributed by atoms with Crippen molar-refractivity contribution in [3.63, 3.8) is 0 Å². The van der Waals surface area contributed by atoms with Gasteiger partial charge in [0.15, 0.2) is 0 Å². The van der Waals surface area contributed by atoms with Crippen LogP contribution in [-0.2, 0) is 9.53 Å². The number of rotatable bonds is 3. The second-order valence-electron chi connectivity index (χ2n) is 6.67. The molecule has 0 atom stereocenters. The second kappa shape index (κ2) is 6.44. The number of amides is 1. The first kappa shape index (κ1) is 17.4. The van der Waals surface area contributed by atoms with Gasteiger partial charge in [-0.15, -0.1) is 0 Å². The average molecular weight is 342 g/mol. The number of aliphatic carboxylic acids is 1. The summed E-state index contributed by atoms with van der Waals surface area (Å²) < 4.78 is 5.27. The third-order valence-corrected chi connectivity index (χ3v) is 4.96. The van der Waals surface area contributed by atoms with Gasteiger partial charge in [0.05, 0.1) is 11.1 Å². The lowest BCUT2D eigenvalue weighted by atomic mass is 9.89. The number of carboxylic acids is 1. The highest BCUT2D eigenvalue weighted by atomic mass is 16.5. The summed E-state index contributed by atoms with van der Waals surface area (Å²) in [7, 11) is 0. The molecule has 1 aliphatic heterocycles. The quantitative estimate of drug-likeness (QED) is 0.895. The Morgan fingerprint density at radius 2 is 1.88 bits per heavy atom. The van der Waals surface area contributed by atoms with E-state index < -0.39 is 11.5 Å². The molecule has 1 amide bonds. The highest BCUT2D eigenvalue weighted by Crippen LogP contribution is 2.27. The van der Waals surface area contributed by atoms with Gasteiger partial charge in [-0.1, -0.05) is 11.6 Å². The van der Waals surface area contributed by atoms with E-state index in [2.05, 4.69) is 10.3 Å². The van der Waals surface area contributed by atoms with Crippen LogP contribution in [-0.4, -0.2) is 40.7 Å². The van der Waals surface area contributed by atoms with Crippen LogP contribution in [0.2, 0.25) is 0 Å². The van der Waals surface area contributed by atoms with Gasteiger partial charge < -0.3 is 15.2 Å². The molecule has 1 aromatic heterocycles. The molecular weight excluding hydrogens is 320 g/mol. The van der Waals surface area contributed by atoms with Crippen LogP contribution in [0.5, 0.6) is 0 Å². The molecule has 0 aliphatic carbocycles. The minimum Gasteiger partial charge on any atom is -0.480 e. The van der Waals surface area contributed by atoms with Crippen molar-refractivity contribution in [2.75, 3.05) is 13.2 Å². The number of pyridine rings is 1. The number of hydrogen-bond acceptors (Lipinski definition) is 4. The van der Waals surface area contributed by atoms with Crippen LogP contribution < -0.4 is 5.32 Å². The molecule has 0 spiro atoms. The fourth-order valence-corrected chi connectivity index (χ4v) is 3.28. The molecule has 2 aromatic rings. The molecule has 1 aliphatic rings. The van der Waals surface area contributed by atoms with E-state index >= 15 is 0 Å². The maximum atomic E-state index is 13.1. The maximum absolute atomic E-state index is 13.1. The Labute approximate surface area is 146 Å². The number of benzene rings is 1. The van der Waals surface area contributed by atoms with Gasteiger partial charge in [0, 0.05) is 37.1 Å². The summed E-state index contributed by atoms with van der Waals surface area (Å²) in [5, 5.41) is 13.2. The monoisotopic (exact) mass is 342 g/mol. The molecule has 2 N–H and O–H groups in total. The zero-order chi connectivity index (χ0) is 18.2. The molecule has 1 fully saturated rings. The van der Waals surface area contributed by atoms with E-state index in [1.54, 1.807) is 0 Å². The lowest BCUT2D eigenvalue weighted by molar-refractivity contribution is -0.148. The predicted octanol–water partition coefficient (Wildman–Crippen LogP) is 2.52. The molecule has 0 saturated carbocycles. The van der Waals surface area contributed by atoms with E-state index in [4.69, 9.17) is 4.74 Å². The zero-order valence-corrected chi connectivity index (χ0v) is 14.7. The molecule has 25 heavy (non-hydrogen) atoms. The molecule has 3 rings (SSSR count). The lowest BCUT2D eigenvalue weighted by Crippen LogP contribution is -2.57. The number of nitrogens with zero attached hydrogens (tertiary/aromatic N) is 1.